The van der Waals surface area contributed by atoms with Gasteiger partial charge in [0.05, 0.1) is 12.7 Å². The molecule has 0 bridgehead atoms. The average molecular weight is 356 g/mol. The minimum absolute atomic E-state index is 0.0396. The van der Waals surface area contributed by atoms with Gasteiger partial charge in [0, 0.05) is 18.4 Å². The van der Waals surface area contributed by atoms with Gasteiger partial charge in [0.2, 0.25) is 5.91 Å². The van der Waals surface area contributed by atoms with E-state index in [1.54, 1.807) is 0 Å². The summed E-state index contributed by atoms with van der Waals surface area (Å²) in [5, 5.41) is 18.8. The van der Waals surface area contributed by atoms with E-state index in [1.165, 1.54) is 22.0 Å². The first-order chi connectivity index (χ1) is 12.5. The summed E-state index contributed by atoms with van der Waals surface area (Å²) in [5.74, 6) is -1.31. The summed E-state index contributed by atoms with van der Waals surface area (Å²) in [4.78, 5) is 34.8. The number of Topliss-reactive ketones (excluding diaryl/α,β-unsaturated/α-hetero) is 1. The fraction of sp³-hybridized carbons (Fsp3) is 0.389. The summed E-state index contributed by atoms with van der Waals surface area (Å²) in [6, 6.07) is 5.80. The van der Waals surface area contributed by atoms with Crippen LogP contribution in [-0.2, 0) is 35.5 Å². The van der Waals surface area contributed by atoms with E-state index in [0.717, 1.165) is 19.3 Å². The van der Waals surface area contributed by atoms with E-state index in [1.807, 2.05) is 18.2 Å². The fourth-order valence-electron chi connectivity index (χ4n) is 3.03. The highest BCUT2D eigenvalue weighted by Gasteiger charge is 2.15. The van der Waals surface area contributed by atoms with Gasteiger partial charge in [-0.1, -0.05) is 17.3 Å². The number of ketones is 1. The number of amides is 1. The number of aromatic nitrogens is 3. The van der Waals surface area contributed by atoms with Crippen molar-refractivity contribution >= 4 is 17.7 Å². The molecule has 0 unspecified atom stereocenters. The maximum Gasteiger partial charge on any atom is 0.325 e. The Bertz CT molecular complexity index is 843. The second-order valence-electron chi connectivity index (χ2n) is 6.34. The quantitative estimate of drug-likeness (QED) is 0.685. The van der Waals surface area contributed by atoms with Crippen molar-refractivity contribution in [3.63, 3.8) is 0 Å². The lowest BCUT2D eigenvalue weighted by molar-refractivity contribution is -0.138. The van der Waals surface area contributed by atoms with Crippen molar-refractivity contribution in [3.05, 3.63) is 46.8 Å². The molecule has 1 aromatic heterocycles. The number of carboxylic acid groups (broad SMARTS) is 1. The lowest BCUT2D eigenvalue weighted by atomic mass is 10.0. The van der Waals surface area contributed by atoms with Gasteiger partial charge in [-0.2, -0.15) is 0 Å². The summed E-state index contributed by atoms with van der Waals surface area (Å²) in [6.45, 7) is -0.137. The van der Waals surface area contributed by atoms with Gasteiger partial charge < -0.3 is 10.4 Å². The first-order valence-electron chi connectivity index (χ1n) is 8.54. The molecule has 2 N–H and O–H groups in total. The Morgan fingerprint density at radius 2 is 1.96 bits per heavy atom. The molecule has 136 valence electrons. The Labute approximate surface area is 150 Å². The molecule has 1 aromatic carbocycles. The summed E-state index contributed by atoms with van der Waals surface area (Å²) < 4.78 is 1.18. The third kappa shape index (κ3) is 4.53. The molecule has 26 heavy (non-hydrogen) atoms. The number of carboxylic acids is 1. The van der Waals surface area contributed by atoms with Crippen LogP contribution >= 0.6 is 0 Å². The third-order valence-electron chi connectivity index (χ3n) is 4.35. The number of aryl methyl sites for hydroxylation is 2. The molecule has 3 rings (SSSR count). The van der Waals surface area contributed by atoms with E-state index in [2.05, 4.69) is 15.6 Å². The topological polar surface area (TPSA) is 114 Å². The van der Waals surface area contributed by atoms with Crippen LogP contribution in [0.15, 0.2) is 24.4 Å². The van der Waals surface area contributed by atoms with Crippen LogP contribution in [0.5, 0.6) is 0 Å². The van der Waals surface area contributed by atoms with Crippen molar-refractivity contribution in [2.75, 3.05) is 0 Å². The summed E-state index contributed by atoms with van der Waals surface area (Å²) >= 11 is 0. The molecule has 0 fully saturated rings. The van der Waals surface area contributed by atoms with Gasteiger partial charge in [0.25, 0.3) is 0 Å². The number of nitrogens with one attached hydrogen (secondary N) is 1. The summed E-state index contributed by atoms with van der Waals surface area (Å²) in [6.07, 6.45) is 4.93. The molecule has 0 radical (unpaired) electrons. The van der Waals surface area contributed by atoms with E-state index in [-0.39, 0.29) is 37.6 Å². The van der Waals surface area contributed by atoms with Crippen molar-refractivity contribution in [2.24, 2.45) is 0 Å². The van der Waals surface area contributed by atoms with Gasteiger partial charge >= 0.3 is 5.97 Å². The Morgan fingerprint density at radius 1 is 1.15 bits per heavy atom. The standard InChI is InChI=1S/C18H20N4O4/c23-16(14-5-4-12-2-1-3-13(12)8-14)6-7-17(24)19-9-15-10-22(21-20-15)11-18(25)26/h4-5,8,10H,1-3,6-7,9,11H2,(H,19,24)(H,25,26). The highest BCUT2D eigenvalue weighted by molar-refractivity contribution is 5.98. The van der Waals surface area contributed by atoms with Crippen LogP contribution < -0.4 is 5.32 Å². The van der Waals surface area contributed by atoms with Crippen LogP contribution in [0.25, 0.3) is 0 Å². The molecular weight excluding hydrogens is 336 g/mol. The maximum absolute atomic E-state index is 12.3. The van der Waals surface area contributed by atoms with Crippen LogP contribution in [0.3, 0.4) is 0 Å². The number of carbonyl (C=O) groups is 3. The predicted molar refractivity (Wildman–Crippen MR) is 91.5 cm³/mol. The molecule has 8 heteroatoms. The molecule has 1 aliphatic carbocycles. The second kappa shape index (κ2) is 7.90. The number of nitrogens with zero attached hydrogens (tertiary/aromatic N) is 3. The van der Waals surface area contributed by atoms with Gasteiger partial charge in [-0.05, 0) is 36.5 Å². The highest BCUT2D eigenvalue weighted by Crippen LogP contribution is 2.23. The van der Waals surface area contributed by atoms with Crippen LogP contribution in [0, 0.1) is 0 Å². The predicted octanol–water partition coefficient (Wildman–Crippen LogP) is 1.13. The van der Waals surface area contributed by atoms with Crippen LogP contribution in [-0.4, -0.2) is 37.8 Å². The van der Waals surface area contributed by atoms with Crippen molar-refractivity contribution in [3.8, 4) is 0 Å². The molecule has 0 atom stereocenters. The maximum atomic E-state index is 12.3. The molecule has 0 aliphatic heterocycles. The molecule has 0 saturated heterocycles. The van der Waals surface area contributed by atoms with E-state index < -0.39 is 5.97 Å². The SMILES string of the molecule is O=C(O)Cn1cc(CNC(=O)CCC(=O)c2ccc3c(c2)CCC3)nn1. The molecular formula is C18H20N4O4. The van der Waals surface area contributed by atoms with E-state index in [0.29, 0.717) is 11.3 Å². The van der Waals surface area contributed by atoms with Gasteiger partial charge in [-0.15, -0.1) is 5.10 Å². The van der Waals surface area contributed by atoms with Crippen molar-refractivity contribution < 1.29 is 19.5 Å². The molecule has 1 aliphatic rings. The van der Waals surface area contributed by atoms with Crippen molar-refractivity contribution in [1.29, 1.82) is 0 Å². The van der Waals surface area contributed by atoms with Crippen LogP contribution in [0.2, 0.25) is 0 Å². The number of aliphatic carboxylic acids is 1. The number of carbonyl (C=O) groups excluding carboxylic acids is 2. The number of benzene rings is 1. The Balaban J connectivity index is 1.44. The molecule has 0 spiro atoms. The lowest BCUT2D eigenvalue weighted by Gasteiger charge is -2.05. The third-order valence-corrected chi connectivity index (χ3v) is 4.35. The zero-order valence-corrected chi connectivity index (χ0v) is 14.3. The van der Waals surface area contributed by atoms with Crippen molar-refractivity contribution in [1.82, 2.24) is 20.3 Å². The van der Waals surface area contributed by atoms with Gasteiger partial charge in [0.15, 0.2) is 5.78 Å². The Hall–Kier alpha value is -3.03. The normalized spacial score (nSPS) is 12.6. The zero-order chi connectivity index (χ0) is 18.5. The highest BCUT2D eigenvalue weighted by atomic mass is 16.4. The van der Waals surface area contributed by atoms with Crippen molar-refractivity contribution in [2.45, 2.75) is 45.2 Å². The number of rotatable bonds is 8. The molecule has 8 nitrogen and oxygen atoms in total. The van der Waals surface area contributed by atoms with E-state index in [4.69, 9.17) is 5.11 Å². The fourth-order valence-corrected chi connectivity index (χ4v) is 3.03. The Kier molecular flexibility index (Phi) is 5.40. The first kappa shape index (κ1) is 17.8. The van der Waals surface area contributed by atoms with E-state index in [9.17, 15) is 14.4 Å². The molecule has 1 heterocycles. The minimum atomic E-state index is -1.02. The second-order valence-corrected chi connectivity index (χ2v) is 6.34. The monoisotopic (exact) mass is 356 g/mol. The lowest BCUT2D eigenvalue weighted by Crippen LogP contribution is -2.23. The number of fused-ring (bicyclic) bond motifs is 1. The molecule has 2 aromatic rings. The zero-order valence-electron chi connectivity index (χ0n) is 14.3. The largest absolute Gasteiger partial charge is 0.480 e. The number of hydrogen-bond donors (Lipinski definition) is 2. The summed E-state index contributed by atoms with van der Waals surface area (Å²) in [7, 11) is 0. The van der Waals surface area contributed by atoms with Crippen LogP contribution in [0.1, 0.15) is 46.4 Å². The number of hydrogen-bond acceptors (Lipinski definition) is 5. The molecule has 0 saturated carbocycles. The first-order valence-corrected chi connectivity index (χ1v) is 8.54. The smallest absolute Gasteiger partial charge is 0.325 e. The van der Waals surface area contributed by atoms with Gasteiger partial charge in [-0.3, -0.25) is 14.4 Å². The van der Waals surface area contributed by atoms with E-state index >= 15 is 0 Å². The Morgan fingerprint density at radius 3 is 2.77 bits per heavy atom. The average Bonchev–Trinajstić information content (AvgIpc) is 3.25. The molecule has 1 amide bonds. The minimum Gasteiger partial charge on any atom is -0.480 e. The van der Waals surface area contributed by atoms with Gasteiger partial charge in [-0.25, -0.2) is 4.68 Å². The summed E-state index contributed by atoms with van der Waals surface area (Å²) in [5.41, 5.74) is 3.68. The van der Waals surface area contributed by atoms with Gasteiger partial charge in [0.1, 0.15) is 12.2 Å². The van der Waals surface area contributed by atoms with Crippen LogP contribution in [0.4, 0.5) is 0 Å².